The Kier molecular flexibility index (Phi) is 9.44. The van der Waals surface area contributed by atoms with Crippen molar-refractivity contribution in [2.45, 2.75) is 27.2 Å². The van der Waals surface area contributed by atoms with Crippen LogP contribution in [0.4, 0.5) is 0 Å². The van der Waals surface area contributed by atoms with Crippen LogP contribution in [0, 0.1) is 0 Å². The zero-order valence-electron chi connectivity index (χ0n) is 13.0. The molecule has 0 N–H and O–H groups in total. The Bertz CT molecular complexity index is 544. The number of rotatable bonds is 4. The van der Waals surface area contributed by atoms with Crippen LogP contribution < -0.4 is 4.74 Å². The Balaban J connectivity index is 0.000000219. The van der Waals surface area contributed by atoms with Gasteiger partial charge in [-0.2, -0.15) is 0 Å². The van der Waals surface area contributed by atoms with Gasteiger partial charge in [0, 0.05) is 0 Å². The summed E-state index contributed by atoms with van der Waals surface area (Å²) in [5.74, 6) is 0.859. The number of hydrogen-bond acceptors (Lipinski definition) is 1. The van der Waals surface area contributed by atoms with E-state index in [2.05, 4.69) is 32.1 Å². The van der Waals surface area contributed by atoms with Gasteiger partial charge in [0.1, 0.15) is 5.75 Å². The van der Waals surface area contributed by atoms with Gasteiger partial charge in [0.15, 0.2) is 0 Å². The average molecular weight is 315 g/mol. The van der Waals surface area contributed by atoms with Crippen molar-refractivity contribution in [3.8, 4) is 5.75 Å². The van der Waals surface area contributed by atoms with Crippen LogP contribution in [0.25, 0.3) is 0 Å². The predicted octanol–water partition coefficient (Wildman–Crippen LogP) is 5.28. The van der Waals surface area contributed by atoms with Crippen molar-refractivity contribution in [1.82, 2.24) is 0 Å². The minimum atomic E-state index is 0.153. The first-order chi connectivity index (χ1) is 10.2. The van der Waals surface area contributed by atoms with Crippen LogP contribution in [0.2, 0.25) is 0 Å². The van der Waals surface area contributed by atoms with E-state index in [1.54, 1.807) is 14.0 Å². The molecule has 0 radical (unpaired) electrons. The first-order valence-electron chi connectivity index (χ1n) is 7.15. The molecule has 0 atom stereocenters. The number of benzene rings is 1. The van der Waals surface area contributed by atoms with Gasteiger partial charge in [0.25, 0.3) is 0 Å². The van der Waals surface area contributed by atoms with Crippen molar-refractivity contribution >= 4 is 3.81 Å². The summed E-state index contributed by atoms with van der Waals surface area (Å²) in [6.07, 6.45) is 15.3. The average Bonchev–Trinajstić information content (AvgIpc) is 2.98. The normalized spacial score (nSPS) is 12.8. The van der Waals surface area contributed by atoms with E-state index < -0.39 is 0 Å². The van der Waals surface area contributed by atoms with E-state index in [4.69, 9.17) is 4.74 Å². The summed E-state index contributed by atoms with van der Waals surface area (Å²) < 4.78 is 8.58. The van der Waals surface area contributed by atoms with E-state index in [9.17, 15) is 0 Å². The van der Waals surface area contributed by atoms with Crippen molar-refractivity contribution < 1.29 is 23.4 Å². The first-order valence-corrected chi connectivity index (χ1v) is 8.71. The van der Waals surface area contributed by atoms with Gasteiger partial charge in [-0.15, -0.1) is 0 Å². The van der Waals surface area contributed by atoms with E-state index >= 15 is 0 Å². The van der Waals surface area contributed by atoms with Crippen molar-refractivity contribution in [2.24, 2.45) is 0 Å². The molecule has 1 aliphatic carbocycles. The van der Waals surface area contributed by atoms with Gasteiger partial charge in [-0.1, -0.05) is 30.4 Å². The van der Waals surface area contributed by atoms with Gasteiger partial charge in [-0.25, -0.2) is 0 Å². The summed E-state index contributed by atoms with van der Waals surface area (Å²) >= 11 is 0.153. The molecule has 0 aromatic heterocycles. The summed E-state index contributed by atoms with van der Waals surface area (Å²) in [6, 6.07) is 9.68. The zero-order valence-corrected chi connectivity index (χ0v) is 14.6. The number of para-hydroxylation sites is 1. The zero-order chi connectivity index (χ0) is 15.3. The molecule has 0 bridgehead atoms. The van der Waals surface area contributed by atoms with Crippen LogP contribution in [0.3, 0.4) is 0 Å². The van der Waals surface area contributed by atoms with Crippen molar-refractivity contribution in [3.05, 3.63) is 76.9 Å². The summed E-state index contributed by atoms with van der Waals surface area (Å²) in [7, 11) is 0. The molecule has 1 aromatic rings. The molecular weight excluding hydrogens is 292 g/mol. The molecule has 2 heteroatoms. The minimum absolute atomic E-state index is 0.153. The SMILES string of the molecule is CC=CC=COc1ccccc1.C[C](C)=[Ti][C]1=CC=CC1. The van der Waals surface area contributed by atoms with Crippen LogP contribution >= 0.6 is 0 Å². The van der Waals surface area contributed by atoms with Gasteiger partial charge >= 0.3 is 64.9 Å². The third-order valence-corrected chi connectivity index (χ3v) is 4.37. The van der Waals surface area contributed by atoms with Crippen molar-refractivity contribution in [3.63, 3.8) is 0 Å². The quantitative estimate of drug-likeness (QED) is 0.417. The van der Waals surface area contributed by atoms with Gasteiger partial charge in [0.2, 0.25) is 0 Å². The molecule has 0 saturated heterocycles. The first kappa shape index (κ1) is 17.6. The fourth-order valence-corrected chi connectivity index (χ4v) is 3.26. The summed E-state index contributed by atoms with van der Waals surface area (Å²) in [4.78, 5) is 0. The fraction of sp³-hybridized carbons (Fsp3) is 0.211. The van der Waals surface area contributed by atoms with Crippen LogP contribution in [0.15, 0.2) is 76.9 Å². The topological polar surface area (TPSA) is 9.23 Å². The summed E-state index contributed by atoms with van der Waals surface area (Å²) in [5.41, 5.74) is 0. The molecular formula is C19H23OTi. The van der Waals surface area contributed by atoms with Crippen LogP contribution in [0.5, 0.6) is 5.75 Å². The second-order valence-corrected chi connectivity index (χ2v) is 7.69. The summed E-state index contributed by atoms with van der Waals surface area (Å²) in [5, 5.41) is 0. The molecule has 0 heterocycles. The Hall–Kier alpha value is -1.44. The Morgan fingerprint density at radius 3 is 2.48 bits per heavy atom. The molecule has 109 valence electrons. The molecule has 0 fully saturated rings. The van der Waals surface area contributed by atoms with Gasteiger partial charge in [0.05, 0.1) is 6.26 Å². The number of hydrogen-bond donors (Lipinski definition) is 0. The standard InChI is InChI=1S/C11H12O.C5H5.C3H6.Ti/c1-2-3-7-10-12-11-8-5-4-6-9-11;1-2-4-5-3-1;1-3-2;/h2-10H,1H3;1-3H,4H2;1-2H3;. The Labute approximate surface area is 137 Å². The van der Waals surface area contributed by atoms with E-state index in [0.717, 1.165) is 5.75 Å². The predicted molar refractivity (Wildman–Crippen MR) is 89.2 cm³/mol. The van der Waals surface area contributed by atoms with Gasteiger partial charge in [-0.05, 0) is 25.1 Å². The van der Waals surface area contributed by atoms with Crippen LogP contribution in [0.1, 0.15) is 27.2 Å². The van der Waals surface area contributed by atoms with E-state index in [1.807, 2.05) is 55.5 Å². The number of allylic oxidation sites excluding steroid dienone is 7. The molecule has 1 aromatic carbocycles. The third kappa shape index (κ3) is 9.17. The van der Waals surface area contributed by atoms with Crippen molar-refractivity contribution in [2.75, 3.05) is 0 Å². The molecule has 1 nitrogen and oxygen atoms in total. The van der Waals surface area contributed by atoms with E-state index in [1.165, 1.54) is 6.42 Å². The molecule has 0 amide bonds. The van der Waals surface area contributed by atoms with Crippen LogP contribution in [-0.2, 0) is 18.7 Å². The second kappa shape index (κ2) is 11.2. The van der Waals surface area contributed by atoms with Gasteiger partial charge < -0.3 is 4.74 Å². The summed E-state index contributed by atoms with van der Waals surface area (Å²) in [6.45, 7) is 6.44. The molecule has 0 unspecified atom stereocenters. The molecule has 1 aliphatic rings. The molecule has 21 heavy (non-hydrogen) atoms. The van der Waals surface area contributed by atoms with Crippen molar-refractivity contribution in [1.29, 1.82) is 0 Å². The monoisotopic (exact) mass is 315 g/mol. The maximum atomic E-state index is 5.28. The Morgan fingerprint density at radius 1 is 1.14 bits per heavy atom. The molecule has 0 saturated carbocycles. The van der Waals surface area contributed by atoms with Gasteiger partial charge in [-0.3, -0.25) is 0 Å². The Morgan fingerprint density at radius 2 is 1.90 bits per heavy atom. The number of ether oxygens (including phenoxy) is 1. The maximum absolute atomic E-state index is 5.28. The second-order valence-electron chi connectivity index (χ2n) is 4.73. The van der Waals surface area contributed by atoms with E-state index in [-0.39, 0.29) is 18.7 Å². The molecule has 2 rings (SSSR count). The van der Waals surface area contributed by atoms with Crippen LogP contribution in [-0.4, -0.2) is 3.81 Å². The molecule has 0 spiro atoms. The molecule has 0 aliphatic heterocycles. The third-order valence-electron chi connectivity index (χ3n) is 2.51. The van der Waals surface area contributed by atoms with E-state index in [0.29, 0.717) is 0 Å². The fourth-order valence-electron chi connectivity index (χ4n) is 1.63.